The van der Waals surface area contributed by atoms with Gasteiger partial charge in [0.15, 0.2) is 0 Å². The minimum Gasteiger partial charge on any atom is -0.465 e. The quantitative estimate of drug-likeness (QED) is 0.245. The first-order valence-corrected chi connectivity index (χ1v) is 9.85. The van der Waals surface area contributed by atoms with Crippen LogP contribution in [-0.2, 0) is 0 Å². The topological polar surface area (TPSA) is 49.3 Å². The molecule has 136 valence electrons. The van der Waals surface area contributed by atoms with Crippen LogP contribution in [0.1, 0.15) is 104 Å². The van der Waals surface area contributed by atoms with E-state index in [1.165, 1.54) is 64.2 Å². The second-order valence-corrected chi connectivity index (χ2v) is 6.60. The SMILES string of the molecule is CCCCCCC=CCCCCCC(CCCCC)NC(=O)O. The van der Waals surface area contributed by atoms with Crippen molar-refractivity contribution >= 4 is 6.09 Å². The molecule has 3 heteroatoms. The summed E-state index contributed by atoms with van der Waals surface area (Å²) >= 11 is 0. The molecule has 0 aliphatic heterocycles. The number of carbonyl (C=O) groups is 1. The Bertz CT molecular complexity index is 289. The molecule has 1 unspecified atom stereocenters. The largest absolute Gasteiger partial charge is 0.465 e. The zero-order chi connectivity index (χ0) is 17.2. The highest BCUT2D eigenvalue weighted by Gasteiger charge is 2.10. The molecule has 0 fully saturated rings. The Balaban J connectivity index is 3.56. The third-order valence-electron chi connectivity index (χ3n) is 4.30. The van der Waals surface area contributed by atoms with Crippen LogP contribution in [-0.4, -0.2) is 17.2 Å². The summed E-state index contributed by atoms with van der Waals surface area (Å²) in [6.45, 7) is 4.42. The molecule has 0 aromatic rings. The lowest BCUT2D eigenvalue weighted by molar-refractivity contribution is 0.187. The summed E-state index contributed by atoms with van der Waals surface area (Å²) in [4.78, 5) is 10.8. The minimum atomic E-state index is -0.877. The first kappa shape index (κ1) is 22.0. The van der Waals surface area contributed by atoms with Crippen LogP contribution in [0, 0.1) is 0 Å². The summed E-state index contributed by atoms with van der Waals surface area (Å²) in [6.07, 6.45) is 20.5. The smallest absolute Gasteiger partial charge is 0.404 e. The number of carboxylic acid groups (broad SMARTS) is 1. The van der Waals surface area contributed by atoms with E-state index in [0.29, 0.717) is 0 Å². The maximum Gasteiger partial charge on any atom is 0.404 e. The van der Waals surface area contributed by atoms with E-state index in [4.69, 9.17) is 5.11 Å². The fraction of sp³-hybridized carbons (Fsp3) is 0.850. The normalized spacial score (nSPS) is 12.6. The lowest BCUT2D eigenvalue weighted by Crippen LogP contribution is -2.33. The van der Waals surface area contributed by atoms with Crippen LogP contribution in [0.15, 0.2) is 12.2 Å². The number of amides is 1. The van der Waals surface area contributed by atoms with Gasteiger partial charge in [-0.05, 0) is 38.5 Å². The summed E-state index contributed by atoms with van der Waals surface area (Å²) in [6, 6.07) is 0.146. The van der Waals surface area contributed by atoms with Crippen molar-refractivity contribution < 1.29 is 9.90 Å². The fourth-order valence-electron chi connectivity index (χ4n) is 2.86. The monoisotopic (exact) mass is 325 g/mol. The van der Waals surface area contributed by atoms with Crippen molar-refractivity contribution in [3.63, 3.8) is 0 Å². The zero-order valence-electron chi connectivity index (χ0n) is 15.5. The van der Waals surface area contributed by atoms with E-state index in [1.54, 1.807) is 0 Å². The molecule has 1 amide bonds. The van der Waals surface area contributed by atoms with Crippen molar-refractivity contribution in [3.05, 3.63) is 12.2 Å². The molecule has 0 bridgehead atoms. The van der Waals surface area contributed by atoms with Crippen LogP contribution in [0.3, 0.4) is 0 Å². The second kappa shape index (κ2) is 17.4. The van der Waals surface area contributed by atoms with Gasteiger partial charge in [-0.15, -0.1) is 0 Å². The van der Waals surface area contributed by atoms with E-state index in [2.05, 4.69) is 31.3 Å². The number of rotatable bonds is 16. The Kier molecular flexibility index (Phi) is 16.6. The number of unbranched alkanes of at least 4 members (excludes halogenated alkanes) is 9. The van der Waals surface area contributed by atoms with E-state index < -0.39 is 6.09 Å². The van der Waals surface area contributed by atoms with Crippen molar-refractivity contribution in [2.24, 2.45) is 0 Å². The molecule has 0 aliphatic rings. The maximum absolute atomic E-state index is 10.8. The van der Waals surface area contributed by atoms with Gasteiger partial charge in [0.2, 0.25) is 0 Å². The minimum absolute atomic E-state index is 0.146. The molecule has 0 saturated heterocycles. The lowest BCUT2D eigenvalue weighted by Gasteiger charge is -2.16. The fourth-order valence-corrected chi connectivity index (χ4v) is 2.86. The van der Waals surface area contributed by atoms with Gasteiger partial charge in [0.1, 0.15) is 0 Å². The van der Waals surface area contributed by atoms with Gasteiger partial charge >= 0.3 is 6.09 Å². The van der Waals surface area contributed by atoms with Crippen LogP contribution in [0.25, 0.3) is 0 Å². The first-order chi connectivity index (χ1) is 11.2. The Morgan fingerprint density at radius 3 is 1.83 bits per heavy atom. The van der Waals surface area contributed by atoms with Gasteiger partial charge < -0.3 is 10.4 Å². The Hall–Kier alpha value is -0.990. The maximum atomic E-state index is 10.8. The highest BCUT2D eigenvalue weighted by Crippen LogP contribution is 2.12. The molecule has 1 atom stereocenters. The summed E-state index contributed by atoms with van der Waals surface area (Å²) in [5.74, 6) is 0. The van der Waals surface area contributed by atoms with Gasteiger partial charge in [0, 0.05) is 6.04 Å². The first-order valence-electron chi connectivity index (χ1n) is 9.85. The molecule has 0 aromatic carbocycles. The number of nitrogens with one attached hydrogen (secondary N) is 1. The van der Waals surface area contributed by atoms with Crippen LogP contribution >= 0.6 is 0 Å². The Morgan fingerprint density at radius 1 is 0.826 bits per heavy atom. The number of allylic oxidation sites excluding steroid dienone is 2. The van der Waals surface area contributed by atoms with E-state index in [0.717, 1.165) is 25.7 Å². The lowest BCUT2D eigenvalue weighted by atomic mass is 10.0. The van der Waals surface area contributed by atoms with Gasteiger partial charge in [-0.3, -0.25) is 0 Å². The van der Waals surface area contributed by atoms with Gasteiger partial charge in [-0.25, -0.2) is 4.79 Å². The molecule has 0 saturated carbocycles. The highest BCUT2D eigenvalue weighted by molar-refractivity contribution is 5.64. The molecule has 0 radical (unpaired) electrons. The number of hydrogen-bond donors (Lipinski definition) is 2. The van der Waals surface area contributed by atoms with Crippen molar-refractivity contribution in [1.82, 2.24) is 5.32 Å². The molecule has 23 heavy (non-hydrogen) atoms. The highest BCUT2D eigenvalue weighted by atomic mass is 16.4. The van der Waals surface area contributed by atoms with E-state index in [9.17, 15) is 4.79 Å². The summed E-state index contributed by atoms with van der Waals surface area (Å²) in [5.41, 5.74) is 0. The van der Waals surface area contributed by atoms with Crippen LogP contribution in [0.5, 0.6) is 0 Å². The van der Waals surface area contributed by atoms with Crippen LogP contribution in [0.2, 0.25) is 0 Å². The molecule has 0 aromatic heterocycles. The molecule has 3 nitrogen and oxygen atoms in total. The van der Waals surface area contributed by atoms with Gasteiger partial charge in [-0.2, -0.15) is 0 Å². The average molecular weight is 326 g/mol. The molecule has 0 spiro atoms. The van der Waals surface area contributed by atoms with Crippen molar-refractivity contribution in [3.8, 4) is 0 Å². The van der Waals surface area contributed by atoms with Crippen molar-refractivity contribution in [2.45, 2.75) is 110 Å². The Labute approximate surface area is 143 Å². The molecular weight excluding hydrogens is 286 g/mol. The second-order valence-electron chi connectivity index (χ2n) is 6.60. The van der Waals surface area contributed by atoms with E-state index >= 15 is 0 Å². The number of hydrogen-bond acceptors (Lipinski definition) is 1. The Morgan fingerprint density at radius 2 is 1.30 bits per heavy atom. The predicted molar refractivity (Wildman–Crippen MR) is 100 cm³/mol. The van der Waals surface area contributed by atoms with Gasteiger partial charge in [0.25, 0.3) is 0 Å². The third kappa shape index (κ3) is 17.2. The van der Waals surface area contributed by atoms with Crippen molar-refractivity contribution in [1.29, 1.82) is 0 Å². The molecule has 0 heterocycles. The van der Waals surface area contributed by atoms with E-state index in [1.807, 2.05) is 0 Å². The molecular formula is C20H39NO2. The summed E-state index contributed by atoms with van der Waals surface area (Å²) < 4.78 is 0. The zero-order valence-corrected chi connectivity index (χ0v) is 15.5. The van der Waals surface area contributed by atoms with E-state index in [-0.39, 0.29) is 6.04 Å². The van der Waals surface area contributed by atoms with Crippen LogP contribution < -0.4 is 5.32 Å². The van der Waals surface area contributed by atoms with Gasteiger partial charge in [-0.1, -0.05) is 77.4 Å². The molecule has 2 N–H and O–H groups in total. The van der Waals surface area contributed by atoms with Crippen LogP contribution in [0.4, 0.5) is 4.79 Å². The molecule has 0 aliphatic carbocycles. The summed E-state index contributed by atoms with van der Waals surface area (Å²) in [5, 5.41) is 11.6. The van der Waals surface area contributed by atoms with Gasteiger partial charge in [0.05, 0.1) is 0 Å². The molecule has 0 rings (SSSR count). The summed E-state index contributed by atoms with van der Waals surface area (Å²) in [7, 11) is 0. The standard InChI is InChI=1S/C20H39NO2/c1-3-5-7-8-9-10-11-12-13-14-16-18-19(21-20(22)23)17-15-6-4-2/h10-11,19,21H,3-9,12-18H2,1-2H3,(H,22,23). The predicted octanol–water partition coefficient (Wildman–Crippen LogP) is 6.68. The average Bonchev–Trinajstić information content (AvgIpc) is 2.52. The van der Waals surface area contributed by atoms with Crippen molar-refractivity contribution in [2.75, 3.05) is 0 Å². The third-order valence-corrected chi connectivity index (χ3v) is 4.30.